The lowest BCUT2D eigenvalue weighted by Gasteiger charge is -2.33. The average molecular weight is 278 g/mol. The van der Waals surface area contributed by atoms with Gasteiger partial charge in [0.25, 0.3) is 0 Å². The normalized spacial score (nSPS) is 22.8. The second-order valence-corrected chi connectivity index (χ2v) is 5.55. The molecule has 1 saturated carbocycles. The molecule has 1 aromatic rings. The molecule has 0 heterocycles. The smallest absolute Gasteiger partial charge is 0.161 e. The van der Waals surface area contributed by atoms with E-state index < -0.39 is 0 Å². The van der Waals surface area contributed by atoms with Gasteiger partial charge in [0.2, 0.25) is 0 Å². The lowest BCUT2D eigenvalue weighted by atomic mass is 9.91. The van der Waals surface area contributed by atoms with Crippen LogP contribution in [0.1, 0.15) is 25.7 Å². The van der Waals surface area contributed by atoms with Crippen LogP contribution in [0.2, 0.25) is 0 Å². The zero-order chi connectivity index (χ0) is 14.4. The standard InChI is InChI=1S/C16H26N2O2/c1-18(14-9-7-13(17)8-10-14)11-12-20-16-6-4-3-5-15(16)19-2/h3-6,13-14H,7-12,17H2,1-2H3. The molecule has 1 aliphatic rings. The highest BCUT2D eigenvalue weighted by atomic mass is 16.5. The van der Waals surface area contributed by atoms with Crippen LogP contribution in [0.5, 0.6) is 11.5 Å². The SMILES string of the molecule is COc1ccccc1OCCN(C)C1CCC(N)CC1. The van der Waals surface area contributed by atoms with Crippen LogP contribution in [-0.4, -0.2) is 44.3 Å². The number of methoxy groups -OCH3 is 1. The Labute approximate surface area is 121 Å². The Morgan fingerprint density at radius 2 is 1.80 bits per heavy atom. The Bertz CT molecular complexity index is 403. The summed E-state index contributed by atoms with van der Waals surface area (Å²) in [4.78, 5) is 2.39. The van der Waals surface area contributed by atoms with E-state index in [1.54, 1.807) is 7.11 Å². The quantitative estimate of drug-likeness (QED) is 0.867. The van der Waals surface area contributed by atoms with Gasteiger partial charge in [0, 0.05) is 18.6 Å². The summed E-state index contributed by atoms with van der Waals surface area (Å²) in [5.74, 6) is 1.60. The zero-order valence-electron chi connectivity index (χ0n) is 12.5. The van der Waals surface area contributed by atoms with Gasteiger partial charge in [0.05, 0.1) is 7.11 Å². The lowest BCUT2D eigenvalue weighted by molar-refractivity contribution is 0.153. The number of likely N-dealkylation sites (N-methyl/N-ethyl adjacent to an activating group) is 1. The molecule has 1 aliphatic carbocycles. The molecule has 0 bridgehead atoms. The minimum absolute atomic E-state index is 0.407. The second kappa shape index (κ2) is 7.50. The van der Waals surface area contributed by atoms with Crippen molar-refractivity contribution >= 4 is 0 Å². The van der Waals surface area contributed by atoms with Gasteiger partial charge in [-0.1, -0.05) is 12.1 Å². The van der Waals surface area contributed by atoms with Crippen molar-refractivity contribution in [3.63, 3.8) is 0 Å². The van der Waals surface area contributed by atoms with E-state index >= 15 is 0 Å². The second-order valence-electron chi connectivity index (χ2n) is 5.55. The first-order chi connectivity index (χ1) is 9.70. The molecule has 0 saturated heterocycles. The lowest BCUT2D eigenvalue weighted by Crippen LogP contribution is -2.40. The van der Waals surface area contributed by atoms with Gasteiger partial charge in [-0.3, -0.25) is 0 Å². The van der Waals surface area contributed by atoms with Gasteiger partial charge in [0.15, 0.2) is 11.5 Å². The monoisotopic (exact) mass is 278 g/mol. The molecule has 0 amide bonds. The first kappa shape index (κ1) is 15.1. The van der Waals surface area contributed by atoms with E-state index in [0.717, 1.165) is 30.9 Å². The number of rotatable bonds is 6. The van der Waals surface area contributed by atoms with E-state index in [2.05, 4.69) is 11.9 Å². The van der Waals surface area contributed by atoms with Gasteiger partial charge in [0.1, 0.15) is 6.61 Å². The third kappa shape index (κ3) is 4.12. The van der Waals surface area contributed by atoms with Crippen molar-refractivity contribution in [3.05, 3.63) is 24.3 Å². The molecule has 20 heavy (non-hydrogen) atoms. The van der Waals surface area contributed by atoms with Crippen molar-refractivity contribution in [1.29, 1.82) is 0 Å². The average Bonchev–Trinajstić information content (AvgIpc) is 2.48. The van der Waals surface area contributed by atoms with Gasteiger partial charge in [-0.2, -0.15) is 0 Å². The van der Waals surface area contributed by atoms with Crippen molar-refractivity contribution in [2.75, 3.05) is 27.3 Å². The molecule has 4 nitrogen and oxygen atoms in total. The van der Waals surface area contributed by atoms with Crippen LogP contribution in [0, 0.1) is 0 Å². The van der Waals surface area contributed by atoms with Gasteiger partial charge in [-0.05, 0) is 44.9 Å². The van der Waals surface area contributed by atoms with Crippen LogP contribution < -0.4 is 15.2 Å². The molecule has 1 aromatic carbocycles. The molecule has 2 N–H and O–H groups in total. The number of hydrogen-bond donors (Lipinski definition) is 1. The highest BCUT2D eigenvalue weighted by molar-refractivity contribution is 5.39. The van der Waals surface area contributed by atoms with Gasteiger partial charge >= 0.3 is 0 Å². The summed E-state index contributed by atoms with van der Waals surface area (Å²) in [6.45, 7) is 1.61. The van der Waals surface area contributed by atoms with E-state index in [4.69, 9.17) is 15.2 Å². The van der Waals surface area contributed by atoms with E-state index in [9.17, 15) is 0 Å². The first-order valence-electron chi connectivity index (χ1n) is 7.42. The first-order valence-corrected chi connectivity index (χ1v) is 7.42. The summed E-state index contributed by atoms with van der Waals surface area (Å²) in [5.41, 5.74) is 5.95. The fourth-order valence-corrected chi connectivity index (χ4v) is 2.76. The summed E-state index contributed by atoms with van der Waals surface area (Å²) in [5, 5.41) is 0. The molecule has 4 heteroatoms. The van der Waals surface area contributed by atoms with Crippen molar-refractivity contribution in [2.24, 2.45) is 5.73 Å². The third-order valence-corrected chi connectivity index (χ3v) is 4.14. The summed E-state index contributed by atoms with van der Waals surface area (Å²) in [6.07, 6.45) is 4.68. The topological polar surface area (TPSA) is 47.7 Å². The van der Waals surface area contributed by atoms with Gasteiger partial charge in [-0.15, -0.1) is 0 Å². The van der Waals surface area contributed by atoms with Crippen LogP contribution in [0.4, 0.5) is 0 Å². The third-order valence-electron chi connectivity index (χ3n) is 4.14. The van der Waals surface area contributed by atoms with Crippen LogP contribution in [0.3, 0.4) is 0 Å². The molecular formula is C16H26N2O2. The predicted molar refractivity (Wildman–Crippen MR) is 81.4 cm³/mol. The summed E-state index contributed by atoms with van der Waals surface area (Å²) < 4.78 is 11.1. The summed E-state index contributed by atoms with van der Waals surface area (Å²) >= 11 is 0. The predicted octanol–water partition coefficient (Wildman–Crippen LogP) is 2.28. The number of para-hydroxylation sites is 2. The van der Waals surface area contributed by atoms with E-state index in [1.807, 2.05) is 24.3 Å². The summed E-state index contributed by atoms with van der Waals surface area (Å²) in [7, 11) is 3.84. The van der Waals surface area contributed by atoms with Crippen molar-refractivity contribution < 1.29 is 9.47 Å². The van der Waals surface area contributed by atoms with Crippen LogP contribution in [-0.2, 0) is 0 Å². The van der Waals surface area contributed by atoms with Crippen LogP contribution in [0.25, 0.3) is 0 Å². The highest BCUT2D eigenvalue weighted by Crippen LogP contribution is 2.26. The summed E-state index contributed by atoms with van der Waals surface area (Å²) in [6, 6.07) is 8.83. The van der Waals surface area contributed by atoms with Crippen LogP contribution in [0.15, 0.2) is 24.3 Å². The van der Waals surface area contributed by atoms with E-state index in [-0.39, 0.29) is 0 Å². The maximum atomic E-state index is 5.95. The number of benzene rings is 1. The Morgan fingerprint density at radius 1 is 1.15 bits per heavy atom. The Hall–Kier alpha value is -1.26. The van der Waals surface area contributed by atoms with Crippen LogP contribution >= 0.6 is 0 Å². The molecule has 0 aliphatic heterocycles. The van der Waals surface area contributed by atoms with Crippen molar-refractivity contribution in [2.45, 2.75) is 37.8 Å². The number of nitrogens with zero attached hydrogens (tertiary/aromatic N) is 1. The molecule has 0 unspecified atom stereocenters. The fourth-order valence-electron chi connectivity index (χ4n) is 2.76. The minimum atomic E-state index is 0.407. The number of nitrogens with two attached hydrogens (primary N) is 1. The van der Waals surface area contributed by atoms with E-state index in [1.165, 1.54) is 12.8 Å². The Balaban J connectivity index is 1.75. The maximum absolute atomic E-state index is 5.95. The van der Waals surface area contributed by atoms with Gasteiger partial charge in [-0.25, -0.2) is 0 Å². The molecule has 112 valence electrons. The fraction of sp³-hybridized carbons (Fsp3) is 0.625. The molecule has 1 fully saturated rings. The molecule has 0 spiro atoms. The minimum Gasteiger partial charge on any atom is -0.493 e. The largest absolute Gasteiger partial charge is 0.493 e. The van der Waals surface area contributed by atoms with Gasteiger partial charge < -0.3 is 20.1 Å². The molecular weight excluding hydrogens is 252 g/mol. The molecule has 0 atom stereocenters. The number of ether oxygens (including phenoxy) is 2. The maximum Gasteiger partial charge on any atom is 0.161 e. The zero-order valence-corrected chi connectivity index (χ0v) is 12.5. The Morgan fingerprint density at radius 3 is 2.45 bits per heavy atom. The highest BCUT2D eigenvalue weighted by Gasteiger charge is 2.21. The molecule has 2 rings (SSSR count). The molecule has 0 radical (unpaired) electrons. The Kier molecular flexibility index (Phi) is 5.68. The van der Waals surface area contributed by atoms with Crippen molar-refractivity contribution in [1.82, 2.24) is 4.90 Å². The number of hydrogen-bond acceptors (Lipinski definition) is 4. The van der Waals surface area contributed by atoms with Crippen molar-refractivity contribution in [3.8, 4) is 11.5 Å². The molecule has 0 aromatic heterocycles. The van der Waals surface area contributed by atoms with E-state index in [0.29, 0.717) is 18.7 Å².